The summed E-state index contributed by atoms with van der Waals surface area (Å²) in [5.41, 5.74) is 0.488. The third kappa shape index (κ3) is 2.86. The van der Waals surface area contributed by atoms with E-state index in [9.17, 15) is 8.78 Å². The van der Waals surface area contributed by atoms with E-state index in [4.69, 9.17) is 9.84 Å². The molecule has 2 rings (SSSR count). The van der Waals surface area contributed by atoms with Gasteiger partial charge in [0, 0.05) is 16.1 Å². The Kier molecular flexibility index (Phi) is 3.93. The predicted molar refractivity (Wildman–Crippen MR) is 66.5 cm³/mol. The molecule has 0 radical (unpaired) electrons. The van der Waals surface area contributed by atoms with Crippen LogP contribution in [0.3, 0.4) is 0 Å². The van der Waals surface area contributed by atoms with Gasteiger partial charge in [0.15, 0.2) is 11.6 Å². The van der Waals surface area contributed by atoms with Gasteiger partial charge in [-0.05, 0) is 24.3 Å². The van der Waals surface area contributed by atoms with Gasteiger partial charge in [-0.1, -0.05) is 22.0 Å². The molecule has 0 saturated carbocycles. The number of halogens is 3. The van der Waals surface area contributed by atoms with Crippen LogP contribution in [-0.2, 0) is 6.61 Å². The van der Waals surface area contributed by atoms with E-state index in [1.54, 1.807) is 18.2 Å². The Morgan fingerprint density at radius 2 is 1.83 bits per heavy atom. The quantitative estimate of drug-likeness (QED) is 0.927. The highest BCUT2D eigenvalue weighted by molar-refractivity contribution is 9.10. The molecule has 0 saturated heterocycles. The first-order valence-electron chi connectivity index (χ1n) is 5.12. The first kappa shape index (κ1) is 13.0. The van der Waals surface area contributed by atoms with Gasteiger partial charge in [0.1, 0.15) is 11.6 Å². The number of benzene rings is 2. The third-order valence-electron chi connectivity index (χ3n) is 2.31. The van der Waals surface area contributed by atoms with Crippen molar-refractivity contribution in [2.45, 2.75) is 6.61 Å². The van der Waals surface area contributed by atoms with Gasteiger partial charge >= 0.3 is 0 Å². The molecule has 94 valence electrons. The van der Waals surface area contributed by atoms with Gasteiger partial charge in [-0.25, -0.2) is 8.78 Å². The monoisotopic (exact) mass is 314 g/mol. The van der Waals surface area contributed by atoms with Crippen molar-refractivity contribution in [3.8, 4) is 11.5 Å². The van der Waals surface area contributed by atoms with Crippen molar-refractivity contribution < 1.29 is 18.6 Å². The maximum Gasteiger partial charge on any atom is 0.165 e. The standard InChI is InChI=1S/C13H9BrF2O2/c14-9-2-1-8(7-17)12(5-9)18-13-6-10(15)3-4-11(13)16/h1-6,17H,7H2. The first-order valence-corrected chi connectivity index (χ1v) is 5.91. The van der Waals surface area contributed by atoms with Crippen LogP contribution in [0.5, 0.6) is 11.5 Å². The normalized spacial score (nSPS) is 10.4. The van der Waals surface area contributed by atoms with Crippen LogP contribution in [0.1, 0.15) is 5.56 Å². The van der Waals surface area contributed by atoms with Crippen LogP contribution in [0.2, 0.25) is 0 Å². The van der Waals surface area contributed by atoms with Gasteiger partial charge in [0.25, 0.3) is 0 Å². The van der Waals surface area contributed by atoms with E-state index in [1.807, 2.05) is 0 Å². The van der Waals surface area contributed by atoms with Crippen LogP contribution in [0.4, 0.5) is 8.78 Å². The summed E-state index contributed by atoms with van der Waals surface area (Å²) in [5.74, 6) is -1.20. The SMILES string of the molecule is OCc1ccc(Br)cc1Oc1cc(F)ccc1F. The molecule has 0 aliphatic carbocycles. The Hall–Kier alpha value is -1.46. The highest BCUT2D eigenvalue weighted by Crippen LogP contribution is 2.30. The van der Waals surface area contributed by atoms with Crippen molar-refractivity contribution in [3.05, 3.63) is 58.1 Å². The maximum atomic E-state index is 13.4. The fourth-order valence-electron chi connectivity index (χ4n) is 1.43. The molecule has 2 aromatic rings. The minimum atomic E-state index is -0.666. The number of aliphatic hydroxyl groups excluding tert-OH is 1. The number of hydrogen-bond donors (Lipinski definition) is 1. The summed E-state index contributed by atoms with van der Waals surface area (Å²) < 4.78 is 32.4. The molecule has 0 aliphatic heterocycles. The average Bonchev–Trinajstić information content (AvgIpc) is 2.34. The van der Waals surface area contributed by atoms with Gasteiger partial charge in [-0.2, -0.15) is 0 Å². The summed E-state index contributed by atoms with van der Waals surface area (Å²) >= 11 is 3.24. The maximum absolute atomic E-state index is 13.4. The van der Waals surface area contributed by atoms with E-state index in [2.05, 4.69) is 15.9 Å². The molecule has 0 atom stereocenters. The zero-order valence-corrected chi connectivity index (χ0v) is 10.7. The molecule has 2 aromatic carbocycles. The van der Waals surface area contributed by atoms with Gasteiger partial charge in [0.05, 0.1) is 6.61 Å². The largest absolute Gasteiger partial charge is 0.454 e. The smallest absolute Gasteiger partial charge is 0.165 e. The summed E-state index contributed by atoms with van der Waals surface area (Å²) in [4.78, 5) is 0. The van der Waals surface area contributed by atoms with E-state index in [1.165, 1.54) is 0 Å². The predicted octanol–water partition coefficient (Wildman–Crippen LogP) is 4.01. The van der Waals surface area contributed by atoms with Gasteiger partial charge in [-0.15, -0.1) is 0 Å². The minimum Gasteiger partial charge on any atom is -0.454 e. The molecule has 0 spiro atoms. The van der Waals surface area contributed by atoms with Crippen LogP contribution in [0.25, 0.3) is 0 Å². The van der Waals surface area contributed by atoms with Crippen molar-refractivity contribution >= 4 is 15.9 Å². The number of ether oxygens (including phenoxy) is 1. The summed E-state index contributed by atoms with van der Waals surface area (Å²) in [6.45, 7) is -0.250. The second kappa shape index (κ2) is 5.46. The number of hydrogen-bond acceptors (Lipinski definition) is 2. The second-order valence-electron chi connectivity index (χ2n) is 3.59. The molecule has 0 unspecified atom stereocenters. The number of rotatable bonds is 3. The molecule has 0 aromatic heterocycles. The molecule has 0 amide bonds. The van der Waals surface area contributed by atoms with E-state index < -0.39 is 11.6 Å². The summed E-state index contributed by atoms with van der Waals surface area (Å²) in [7, 11) is 0. The molecule has 18 heavy (non-hydrogen) atoms. The van der Waals surface area contributed by atoms with E-state index in [0.717, 1.165) is 18.2 Å². The fourth-order valence-corrected chi connectivity index (χ4v) is 1.77. The molecular formula is C13H9BrF2O2. The van der Waals surface area contributed by atoms with Crippen LogP contribution in [0.15, 0.2) is 40.9 Å². The lowest BCUT2D eigenvalue weighted by Gasteiger charge is -2.11. The summed E-state index contributed by atoms with van der Waals surface area (Å²) in [5, 5.41) is 9.15. The zero-order chi connectivity index (χ0) is 13.1. The molecule has 0 bridgehead atoms. The molecule has 0 aliphatic rings. The molecule has 2 nitrogen and oxygen atoms in total. The Morgan fingerprint density at radius 1 is 1.06 bits per heavy atom. The zero-order valence-electron chi connectivity index (χ0n) is 9.16. The molecular weight excluding hydrogens is 306 g/mol. The Bertz CT molecular complexity index is 573. The van der Waals surface area contributed by atoms with E-state index in [0.29, 0.717) is 10.0 Å². The molecule has 1 N–H and O–H groups in total. The fraction of sp³-hybridized carbons (Fsp3) is 0.0769. The van der Waals surface area contributed by atoms with E-state index >= 15 is 0 Å². The lowest BCUT2D eigenvalue weighted by Crippen LogP contribution is -1.94. The average molecular weight is 315 g/mol. The molecule has 0 fully saturated rings. The number of aliphatic hydroxyl groups is 1. The summed E-state index contributed by atoms with van der Waals surface area (Å²) in [6.07, 6.45) is 0. The highest BCUT2D eigenvalue weighted by Gasteiger charge is 2.10. The Morgan fingerprint density at radius 3 is 2.56 bits per heavy atom. The van der Waals surface area contributed by atoms with Crippen molar-refractivity contribution in [2.75, 3.05) is 0 Å². The van der Waals surface area contributed by atoms with Crippen molar-refractivity contribution in [3.63, 3.8) is 0 Å². The minimum absolute atomic E-state index is 0.220. The van der Waals surface area contributed by atoms with Crippen LogP contribution >= 0.6 is 15.9 Å². The van der Waals surface area contributed by atoms with Crippen molar-refractivity contribution in [1.82, 2.24) is 0 Å². The Labute approximate surface area is 111 Å². The second-order valence-corrected chi connectivity index (χ2v) is 4.50. The lowest BCUT2D eigenvalue weighted by atomic mass is 10.2. The highest BCUT2D eigenvalue weighted by atomic mass is 79.9. The summed E-state index contributed by atoms with van der Waals surface area (Å²) in [6, 6.07) is 7.89. The molecule has 5 heteroatoms. The van der Waals surface area contributed by atoms with E-state index in [-0.39, 0.29) is 18.1 Å². The van der Waals surface area contributed by atoms with Gasteiger partial charge < -0.3 is 9.84 Å². The van der Waals surface area contributed by atoms with Crippen LogP contribution in [-0.4, -0.2) is 5.11 Å². The topological polar surface area (TPSA) is 29.5 Å². The van der Waals surface area contributed by atoms with Gasteiger partial charge in [-0.3, -0.25) is 0 Å². The van der Waals surface area contributed by atoms with Crippen LogP contribution in [0, 0.1) is 11.6 Å². The molecule has 0 heterocycles. The lowest BCUT2D eigenvalue weighted by molar-refractivity contribution is 0.276. The third-order valence-corrected chi connectivity index (χ3v) is 2.81. The van der Waals surface area contributed by atoms with Crippen molar-refractivity contribution in [1.29, 1.82) is 0 Å². The van der Waals surface area contributed by atoms with Gasteiger partial charge in [0.2, 0.25) is 0 Å². The van der Waals surface area contributed by atoms with Crippen LogP contribution < -0.4 is 4.74 Å². The first-order chi connectivity index (χ1) is 8.60. The van der Waals surface area contributed by atoms with Crippen molar-refractivity contribution in [2.24, 2.45) is 0 Å². The Balaban J connectivity index is 2.38.